The lowest BCUT2D eigenvalue weighted by molar-refractivity contribution is -0.135. The lowest BCUT2D eigenvalue weighted by Gasteiger charge is -2.33. The molecule has 2 aromatic heterocycles. The summed E-state index contributed by atoms with van der Waals surface area (Å²) in [4.78, 5) is 48.5. The minimum atomic E-state index is -0.261. The zero-order valence-electron chi connectivity index (χ0n) is 20.4. The number of carbonyl (C=O) groups excluding carboxylic acids is 2. The van der Waals surface area contributed by atoms with Crippen molar-refractivity contribution in [3.05, 3.63) is 27.1 Å². The molecule has 1 aliphatic heterocycles. The van der Waals surface area contributed by atoms with E-state index in [4.69, 9.17) is 0 Å². The predicted molar refractivity (Wildman–Crippen MR) is 133 cm³/mol. The third-order valence-electron chi connectivity index (χ3n) is 6.35. The van der Waals surface area contributed by atoms with Crippen molar-refractivity contribution in [3.63, 3.8) is 0 Å². The number of rotatable bonds is 10. The Morgan fingerprint density at radius 3 is 2.61 bits per heavy atom. The molecule has 0 radical (unpaired) electrons. The third kappa shape index (κ3) is 6.00. The Balaban J connectivity index is 1.72. The van der Waals surface area contributed by atoms with Gasteiger partial charge in [0.15, 0.2) is 0 Å². The van der Waals surface area contributed by atoms with Crippen LogP contribution in [0.25, 0.3) is 10.2 Å². The fourth-order valence-corrected chi connectivity index (χ4v) is 5.62. The van der Waals surface area contributed by atoms with Crippen LogP contribution in [-0.2, 0) is 11.3 Å². The van der Waals surface area contributed by atoms with E-state index < -0.39 is 0 Å². The molecule has 3 heterocycles. The number of fused-ring (bicyclic) bond motifs is 1. The molecule has 1 aliphatic rings. The standard InChI is InChI=1S/C24H37N5O3S/c1-5-11-27(12-6-2)14-10-25-22(31)21-18(4)20-23(33-21)26-16-28(24(20)32)15-19(30)29-13-8-7-9-17(29)3/h16-17H,5-15H2,1-4H3,(H,25,31). The van der Waals surface area contributed by atoms with Crippen molar-refractivity contribution in [3.8, 4) is 0 Å². The summed E-state index contributed by atoms with van der Waals surface area (Å²) in [5, 5.41) is 3.43. The normalized spacial score (nSPS) is 16.5. The maximum Gasteiger partial charge on any atom is 0.262 e. The van der Waals surface area contributed by atoms with Crippen molar-refractivity contribution >= 4 is 33.4 Å². The third-order valence-corrected chi connectivity index (χ3v) is 7.54. The molecule has 3 rings (SSSR count). The number of carbonyl (C=O) groups is 2. The van der Waals surface area contributed by atoms with Crippen LogP contribution in [0.15, 0.2) is 11.1 Å². The first-order valence-corrected chi connectivity index (χ1v) is 13.0. The van der Waals surface area contributed by atoms with Crippen molar-refractivity contribution < 1.29 is 9.59 Å². The van der Waals surface area contributed by atoms with Gasteiger partial charge in [-0.05, 0) is 64.6 Å². The van der Waals surface area contributed by atoms with Crippen LogP contribution < -0.4 is 10.9 Å². The molecule has 0 spiro atoms. The number of hydrogen-bond acceptors (Lipinski definition) is 6. The van der Waals surface area contributed by atoms with Gasteiger partial charge in [0.05, 0.1) is 16.6 Å². The van der Waals surface area contributed by atoms with E-state index in [0.29, 0.717) is 27.2 Å². The monoisotopic (exact) mass is 475 g/mol. The summed E-state index contributed by atoms with van der Waals surface area (Å²) in [6.07, 6.45) is 6.73. The lowest BCUT2D eigenvalue weighted by Crippen LogP contribution is -2.44. The first-order chi connectivity index (χ1) is 15.9. The van der Waals surface area contributed by atoms with Gasteiger partial charge < -0.3 is 15.1 Å². The minimum absolute atomic E-state index is 0.0202. The van der Waals surface area contributed by atoms with Gasteiger partial charge in [0.25, 0.3) is 11.5 Å². The molecule has 2 amide bonds. The minimum Gasteiger partial charge on any atom is -0.350 e. The van der Waals surface area contributed by atoms with Gasteiger partial charge in [0.2, 0.25) is 5.91 Å². The zero-order valence-corrected chi connectivity index (χ0v) is 21.2. The fourth-order valence-electron chi connectivity index (χ4n) is 4.57. The Kier molecular flexibility index (Phi) is 9.02. The highest BCUT2D eigenvalue weighted by atomic mass is 32.1. The van der Waals surface area contributed by atoms with Gasteiger partial charge >= 0.3 is 0 Å². The number of thiophene rings is 1. The van der Waals surface area contributed by atoms with Gasteiger partial charge in [-0.3, -0.25) is 19.0 Å². The highest BCUT2D eigenvalue weighted by Gasteiger charge is 2.25. The second kappa shape index (κ2) is 11.7. The van der Waals surface area contributed by atoms with Crippen LogP contribution in [0.2, 0.25) is 0 Å². The molecule has 0 bridgehead atoms. The summed E-state index contributed by atoms with van der Waals surface area (Å²) < 4.78 is 1.38. The molecule has 9 heteroatoms. The first kappa shape index (κ1) is 25.4. The molecule has 8 nitrogen and oxygen atoms in total. The fraction of sp³-hybridized carbons (Fsp3) is 0.667. The average molecular weight is 476 g/mol. The summed E-state index contributed by atoms with van der Waals surface area (Å²) in [5.74, 6) is -0.229. The molecule has 33 heavy (non-hydrogen) atoms. The van der Waals surface area contributed by atoms with Crippen LogP contribution >= 0.6 is 11.3 Å². The Morgan fingerprint density at radius 2 is 1.94 bits per heavy atom. The Hall–Kier alpha value is -2.26. The summed E-state index contributed by atoms with van der Waals surface area (Å²) in [6, 6.07) is 0.197. The number of aromatic nitrogens is 2. The molecule has 0 saturated carbocycles. The van der Waals surface area contributed by atoms with E-state index in [1.165, 1.54) is 22.2 Å². The molecule has 1 atom stereocenters. The maximum atomic E-state index is 13.2. The molecule has 0 aromatic carbocycles. The molecule has 1 saturated heterocycles. The lowest BCUT2D eigenvalue weighted by atomic mass is 10.0. The molecule has 2 aromatic rings. The van der Waals surface area contributed by atoms with Gasteiger partial charge in [0.1, 0.15) is 11.4 Å². The molecule has 0 aliphatic carbocycles. The van der Waals surface area contributed by atoms with E-state index in [1.54, 1.807) is 6.92 Å². The second-order valence-corrected chi connectivity index (χ2v) is 9.94. The molecule has 1 fully saturated rings. The number of piperidine rings is 1. The van der Waals surface area contributed by atoms with Gasteiger partial charge in [-0.2, -0.15) is 0 Å². The van der Waals surface area contributed by atoms with Crippen LogP contribution in [0, 0.1) is 6.92 Å². The average Bonchev–Trinajstić information content (AvgIpc) is 3.13. The number of nitrogens with zero attached hydrogens (tertiary/aromatic N) is 4. The largest absolute Gasteiger partial charge is 0.350 e. The van der Waals surface area contributed by atoms with E-state index >= 15 is 0 Å². The van der Waals surface area contributed by atoms with Crippen LogP contribution in [0.5, 0.6) is 0 Å². The Bertz CT molecular complexity index is 1030. The molecule has 1 N–H and O–H groups in total. The smallest absolute Gasteiger partial charge is 0.262 e. The quantitative estimate of drug-likeness (QED) is 0.571. The molecular formula is C24H37N5O3S. The molecule has 182 valence electrons. The number of nitrogens with one attached hydrogen (secondary N) is 1. The Labute approximate surface area is 200 Å². The zero-order chi connectivity index (χ0) is 24.0. The van der Waals surface area contributed by atoms with E-state index in [0.717, 1.165) is 58.3 Å². The van der Waals surface area contributed by atoms with Gasteiger partial charge in [0, 0.05) is 25.7 Å². The van der Waals surface area contributed by atoms with E-state index in [2.05, 4.69) is 36.0 Å². The molecular weight excluding hydrogens is 438 g/mol. The van der Waals surface area contributed by atoms with Crippen molar-refractivity contribution in [1.29, 1.82) is 0 Å². The van der Waals surface area contributed by atoms with Crippen molar-refractivity contribution in [2.75, 3.05) is 32.7 Å². The summed E-state index contributed by atoms with van der Waals surface area (Å²) in [7, 11) is 0. The van der Waals surface area contributed by atoms with E-state index in [-0.39, 0.29) is 30.0 Å². The van der Waals surface area contributed by atoms with Gasteiger partial charge in [-0.15, -0.1) is 11.3 Å². The van der Waals surface area contributed by atoms with Gasteiger partial charge in [-0.25, -0.2) is 4.98 Å². The summed E-state index contributed by atoms with van der Waals surface area (Å²) in [5.41, 5.74) is 0.375. The van der Waals surface area contributed by atoms with Crippen molar-refractivity contribution in [2.45, 2.75) is 72.4 Å². The van der Waals surface area contributed by atoms with Crippen LogP contribution in [0.3, 0.4) is 0 Å². The number of aryl methyl sites for hydroxylation is 1. The van der Waals surface area contributed by atoms with Gasteiger partial charge in [-0.1, -0.05) is 13.8 Å². The van der Waals surface area contributed by atoms with Crippen LogP contribution in [-0.4, -0.2) is 69.9 Å². The van der Waals surface area contributed by atoms with Crippen LogP contribution in [0.1, 0.15) is 68.1 Å². The van der Waals surface area contributed by atoms with Crippen molar-refractivity contribution in [2.24, 2.45) is 0 Å². The number of hydrogen-bond donors (Lipinski definition) is 1. The van der Waals surface area contributed by atoms with E-state index in [9.17, 15) is 14.4 Å². The predicted octanol–water partition coefficient (Wildman–Crippen LogP) is 3.02. The highest BCUT2D eigenvalue weighted by molar-refractivity contribution is 7.20. The topological polar surface area (TPSA) is 87.5 Å². The van der Waals surface area contributed by atoms with E-state index in [1.807, 2.05) is 4.90 Å². The van der Waals surface area contributed by atoms with Crippen LogP contribution in [0.4, 0.5) is 0 Å². The SMILES string of the molecule is CCCN(CCC)CCNC(=O)c1sc2ncn(CC(=O)N3CCCCC3C)c(=O)c2c1C. The number of amides is 2. The van der Waals surface area contributed by atoms with Crippen molar-refractivity contribution in [1.82, 2.24) is 24.7 Å². The number of likely N-dealkylation sites (tertiary alicyclic amines) is 1. The Morgan fingerprint density at radius 1 is 1.21 bits per heavy atom. The second-order valence-electron chi connectivity index (χ2n) is 8.94. The maximum absolute atomic E-state index is 13.2. The first-order valence-electron chi connectivity index (χ1n) is 12.2. The summed E-state index contributed by atoms with van der Waals surface area (Å²) >= 11 is 1.24. The highest BCUT2D eigenvalue weighted by Crippen LogP contribution is 2.26. The molecule has 1 unspecified atom stereocenters. The summed E-state index contributed by atoms with van der Waals surface area (Å²) in [6.45, 7) is 12.3.